The summed E-state index contributed by atoms with van der Waals surface area (Å²) in [5, 5.41) is 24.8. The molecule has 2 amide bonds. The molecule has 5 N–H and O–H groups in total. The first-order valence-corrected chi connectivity index (χ1v) is 14.3. The van der Waals surface area contributed by atoms with Gasteiger partial charge in [0.15, 0.2) is 0 Å². The highest BCUT2D eigenvalue weighted by Gasteiger charge is 2.32. The molecule has 2 unspecified atom stereocenters. The molecule has 1 aromatic rings. The second kappa shape index (κ2) is 12.6. The molecule has 226 valence electrons. The van der Waals surface area contributed by atoms with Crippen LogP contribution in [0.25, 0.3) is 12.2 Å². The van der Waals surface area contributed by atoms with E-state index in [2.05, 4.69) is 22.2 Å². The Kier molecular flexibility index (Phi) is 9.18. The van der Waals surface area contributed by atoms with E-state index in [-0.39, 0.29) is 49.5 Å². The van der Waals surface area contributed by atoms with Crippen molar-refractivity contribution in [1.29, 1.82) is 0 Å². The van der Waals surface area contributed by atoms with Gasteiger partial charge in [-0.15, -0.1) is 0 Å². The van der Waals surface area contributed by atoms with Gasteiger partial charge in [-0.3, -0.25) is 24.2 Å². The highest BCUT2D eigenvalue weighted by Crippen LogP contribution is 2.35. The van der Waals surface area contributed by atoms with Gasteiger partial charge in [0.05, 0.1) is 17.7 Å². The zero-order valence-electron chi connectivity index (χ0n) is 25.2. The Bertz CT molecular complexity index is 1610. The highest BCUT2D eigenvalue weighted by molar-refractivity contribution is 6.07. The Labute approximate surface area is 250 Å². The van der Waals surface area contributed by atoms with Crippen LogP contribution in [0.15, 0.2) is 63.0 Å². The molecule has 2 atom stereocenters. The Morgan fingerprint density at radius 1 is 1.02 bits per heavy atom. The first-order valence-electron chi connectivity index (χ1n) is 14.3. The number of nitrogens with one attached hydrogen (secondary N) is 3. The fourth-order valence-corrected chi connectivity index (χ4v) is 5.88. The van der Waals surface area contributed by atoms with Crippen LogP contribution in [0.5, 0.6) is 0 Å². The molecule has 3 aliphatic rings. The summed E-state index contributed by atoms with van der Waals surface area (Å²) in [6, 6.07) is -0.254. The lowest BCUT2D eigenvalue weighted by Crippen LogP contribution is -2.30. The summed E-state index contributed by atoms with van der Waals surface area (Å²) >= 11 is 0. The first kappa shape index (κ1) is 31.2. The molecule has 1 fully saturated rings. The molecule has 0 aromatic carbocycles. The van der Waals surface area contributed by atoms with Crippen molar-refractivity contribution in [3.8, 4) is 0 Å². The van der Waals surface area contributed by atoms with Gasteiger partial charge in [-0.25, -0.2) is 0 Å². The minimum atomic E-state index is -0.926. The smallest absolute Gasteiger partial charge is 0.303 e. The third kappa shape index (κ3) is 6.38. The first-order chi connectivity index (χ1) is 20.4. The predicted molar refractivity (Wildman–Crippen MR) is 165 cm³/mol. The summed E-state index contributed by atoms with van der Waals surface area (Å²) in [6.07, 6.45) is 7.97. The van der Waals surface area contributed by atoms with Crippen LogP contribution in [0.1, 0.15) is 75.9 Å². The average molecular weight is 587 g/mol. The molecule has 0 aliphatic carbocycles. The number of aliphatic imine (C=N–C) groups is 1. The number of allylic oxidation sites excluding steroid dienone is 4. The number of hydrogen-bond donors (Lipinski definition) is 5. The summed E-state index contributed by atoms with van der Waals surface area (Å²) in [6.45, 7) is 13.2. The maximum absolute atomic E-state index is 12.4. The normalized spacial score (nSPS) is 23.1. The summed E-state index contributed by atoms with van der Waals surface area (Å²) < 4.78 is 0. The van der Waals surface area contributed by atoms with Crippen molar-refractivity contribution in [1.82, 2.24) is 15.6 Å². The van der Waals surface area contributed by atoms with Crippen LogP contribution in [-0.4, -0.2) is 50.7 Å². The number of nitrogens with zero attached hydrogens (tertiary/aromatic N) is 1. The molecule has 1 saturated heterocycles. The number of aromatic amines is 1. The van der Waals surface area contributed by atoms with Gasteiger partial charge < -0.3 is 25.8 Å². The number of rotatable bonds is 11. The predicted octanol–water partition coefficient (Wildman–Crippen LogP) is 4.76. The van der Waals surface area contributed by atoms with Gasteiger partial charge in [0.25, 0.3) is 5.91 Å². The van der Waals surface area contributed by atoms with Gasteiger partial charge in [-0.1, -0.05) is 18.7 Å². The zero-order valence-corrected chi connectivity index (χ0v) is 25.2. The third-order valence-corrected chi connectivity index (χ3v) is 8.49. The molecule has 0 bridgehead atoms. The lowest BCUT2D eigenvalue weighted by Gasteiger charge is -2.13. The number of aliphatic carboxylic acids is 2. The van der Waals surface area contributed by atoms with Crippen molar-refractivity contribution in [3.63, 3.8) is 0 Å². The lowest BCUT2D eigenvalue weighted by molar-refractivity contribution is -0.138. The number of carbonyl (C=O) groups is 4. The van der Waals surface area contributed by atoms with E-state index in [1.807, 2.05) is 52.8 Å². The molecule has 4 rings (SSSR count). The quantitative estimate of drug-likeness (QED) is 0.251. The van der Waals surface area contributed by atoms with Crippen LogP contribution in [0.4, 0.5) is 0 Å². The molecule has 43 heavy (non-hydrogen) atoms. The van der Waals surface area contributed by atoms with Gasteiger partial charge in [-0.2, -0.15) is 0 Å². The fraction of sp³-hybridized carbons (Fsp3) is 0.364. The number of amides is 2. The summed E-state index contributed by atoms with van der Waals surface area (Å²) in [4.78, 5) is 56.0. The molecule has 0 saturated carbocycles. The Balaban J connectivity index is 1.79. The molecule has 10 nitrogen and oxygen atoms in total. The molecule has 0 spiro atoms. The average Bonchev–Trinajstić information content (AvgIpc) is 3.59. The summed E-state index contributed by atoms with van der Waals surface area (Å²) in [7, 11) is 0. The summed E-state index contributed by atoms with van der Waals surface area (Å²) in [5.41, 5.74) is 9.05. The van der Waals surface area contributed by atoms with Crippen LogP contribution >= 0.6 is 0 Å². The second-order valence-electron chi connectivity index (χ2n) is 11.1. The van der Waals surface area contributed by atoms with Crippen LogP contribution in [0.2, 0.25) is 0 Å². The second-order valence-corrected chi connectivity index (χ2v) is 11.1. The van der Waals surface area contributed by atoms with E-state index >= 15 is 0 Å². The van der Waals surface area contributed by atoms with Gasteiger partial charge in [0.2, 0.25) is 5.91 Å². The van der Waals surface area contributed by atoms with E-state index in [1.54, 1.807) is 6.08 Å². The largest absolute Gasteiger partial charge is 0.481 e. The van der Waals surface area contributed by atoms with E-state index in [4.69, 9.17) is 4.99 Å². The molecule has 1 aromatic heterocycles. The van der Waals surface area contributed by atoms with Crippen LogP contribution in [-0.2, 0) is 25.6 Å². The molecule has 3 aliphatic heterocycles. The van der Waals surface area contributed by atoms with E-state index in [9.17, 15) is 29.4 Å². The van der Waals surface area contributed by atoms with Crippen LogP contribution in [0, 0.1) is 12.8 Å². The van der Waals surface area contributed by atoms with Crippen molar-refractivity contribution < 1.29 is 29.4 Å². The van der Waals surface area contributed by atoms with Crippen molar-refractivity contribution in [2.24, 2.45) is 10.9 Å². The van der Waals surface area contributed by atoms with E-state index in [0.717, 1.165) is 44.8 Å². The lowest BCUT2D eigenvalue weighted by atomic mass is 9.95. The standard InChI is InChI=1S/C33H38N4O6/c1-7-20-19(6)32(42)37-27(20)14-25-18(5)23(10-12-31(40)41)29(35-25)15-28-22(9-11-30(38)39)17(4)24(34-28)13-26-16(3)21(8-2)33(43)36-26/h7-8,14-15,19,26,35H,2,9-13H2,1,3-6H3,(H,36,43)(H,37,42)(H,38,39)(H,40,41)/b20-7-,27-14-,28-15-. The van der Waals surface area contributed by atoms with Gasteiger partial charge in [0, 0.05) is 47.6 Å². The van der Waals surface area contributed by atoms with Crippen LogP contribution in [0.3, 0.4) is 0 Å². The Morgan fingerprint density at radius 2 is 1.70 bits per heavy atom. The van der Waals surface area contributed by atoms with E-state index in [1.165, 1.54) is 0 Å². The van der Waals surface area contributed by atoms with Gasteiger partial charge in [0.1, 0.15) is 0 Å². The maximum Gasteiger partial charge on any atom is 0.303 e. The molecule has 10 heteroatoms. The molecule has 4 heterocycles. The number of carboxylic acids is 2. The monoisotopic (exact) mass is 586 g/mol. The summed E-state index contributed by atoms with van der Waals surface area (Å²) in [5.74, 6) is -2.39. The number of H-pyrrole nitrogens is 1. The number of carboxylic acid groups (broad SMARTS) is 2. The minimum Gasteiger partial charge on any atom is -0.481 e. The highest BCUT2D eigenvalue weighted by atomic mass is 16.4. The number of aromatic nitrogens is 1. The van der Waals surface area contributed by atoms with Crippen molar-refractivity contribution in [2.75, 3.05) is 0 Å². The third-order valence-electron chi connectivity index (χ3n) is 8.49. The van der Waals surface area contributed by atoms with E-state index in [0.29, 0.717) is 29.1 Å². The SMILES string of the molecule is C=CC1=C(C)C(CC2=N/C(=C\c3[nH]c(/C=C4\NC(=O)C(C)\C4=C\C)c(C)c3CCC(=O)O)C(CCC(=O)O)=C2C)NC1=O. The number of hydrogen-bond acceptors (Lipinski definition) is 5. The Hall–Kier alpha value is -4.73. The number of carbonyl (C=O) groups excluding carboxylic acids is 2. The van der Waals surface area contributed by atoms with Crippen molar-refractivity contribution >= 4 is 41.6 Å². The topological polar surface area (TPSA) is 161 Å². The molecule has 0 radical (unpaired) electrons. The fourth-order valence-electron chi connectivity index (χ4n) is 5.88. The zero-order chi connectivity index (χ0) is 31.6. The van der Waals surface area contributed by atoms with Crippen molar-refractivity contribution in [3.05, 3.63) is 80.5 Å². The van der Waals surface area contributed by atoms with Gasteiger partial charge >= 0.3 is 11.9 Å². The van der Waals surface area contributed by atoms with Gasteiger partial charge in [-0.05, 0) is 93.0 Å². The Morgan fingerprint density at radius 3 is 2.30 bits per heavy atom. The van der Waals surface area contributed by atoms with Crippen LogP contribution < -0.4 is 10.6 Å². The van der Waals surface area contributed by atoms with Crippen molar-refractivity contribution in [2.45, 2.75) is 72.8 Å². The van der Waals surface area contributed by atoms with E-state index < -0.39 is 11.9 Å². The molecular formula is C33H38N4O6. The maximum atomic E-state index is 12.4. The molecular weight excluding hydrogens is 548 g/mol. The minimum absolute atomic E-state index is 0.0767.